The van der Waals surface area contributed by atoms with Gasteiger partial charge in [0.05, 0.1) is 25.0 Å². The van der Waals surface area contributed by atoms with Crippen LogP contribution in [0.4, 0.5) is 4.39 Å². The van der Waals surface area contributed by atoms with E-state index in [1.54, 1.807) is 19.1 Å². The summed E-state index contributed by atoms with van der Waals surface area (Å²) >= 11 is 0. The highest BCUT2D eigenvalue weighted by Gasteiger charge is 2.14. The summed E-state index contributed by atoms with van der Waals surface area (Å²) in [6, 6.07) is 5.84. The van der Waals surface area contributed by atoms with E-state index in [0.29, 0.717) is 11.1 Å². The highest BCUT2D eigenvalue weighted by atomic mass is 19.1. The average Bonchev–Trinajstić information content (AvgIpc) is 2.92. The number of amides is 1. The summed E-state index contributed by atoms with van der Waals surface area (Å²) in [5, 5.41) is 2.76. The molecule has 1 atom stereocenters. The Balaban J connectivity index is 2.09. The number of halogens is 1. The van der Waals surface area contributed by atoms with Crippen LogP contribution in [0.15, 0.2) is 41.2 Å². The fraction of sp³-hybridized carbons (Fsp3) is 0.214. The van der Waals surface area contributed by atoms with Crippen LogP contribution in [0.1, 0.15) is 28.9 Å². The minimum absolute atomic E-state index is 0.178. The van der Waals surface area contributed by atoms with Crippen molar-refractivity contribution in [3.63, 3.8) is 0 Å². The number of carbonyl (C=O) groups is 1. The van der Waals surface area contributed by atoms with E-state index in [9.17, 15) is 9.18 Å². The van der Waals surface area contributed by atoms with Crippen molar-refractivity contribution in [3.8, 4) is 5.75 Å². The molecule has 0 fully saturated rings. The van der Waals surface area contributed by atoms with Crippen LogP contribution in [-0.4, -0.2) is 13.0 Å². The third-order valence-corrected chi connectivity index (χ3v) is 2.81. The molecular weight excluding hydrogens is 249 g/mol. The Hall–Kier alpha value is -2.30. The molecule has 5 heteroatoms. The first-order valence-corrected chi connectivity index (χ1v) is 5.78. The molecule has 1 aromatic carbocycles. The molecule has 19 heavy (non-hydrogen) atoms. The molecule has 0 saturated heterocycles. The monoisotopic (exact) mass is 263 g/mol. The van der Waals surface area contributed by atoms with Gasteiger partial charge in [0.1, 0.15) is 6.26 Å². The van der Waals surface area contributed by atoms with Gasteiger partial charge in [-0.1, -0.05) is 6.07 Å². The maximum Gasteiger partial charge on any atom is 0.255 e. The molecule has 1 N–H and O–H groups in total. The Labute approximate surface area is 110 Å². The van der Waals surface area contributed by atoms with Gasteiger partial charge in [0.15, 0.2) is 11.6 Å². The molecule has 0 spiro atoms. The highest BCUT2D eigenvalue weighted by molar-refractivity contribution is 5.94. The van der Waals surface area contributed by atoms with Crippen LogP contribution in [0.2, 0.25) is 0 Å². The standard InChI is InChI=1S/C14H14FNO3/c1-9(16-14(17)11-5-6-19-8-11)10-3-4-13(18-2)12(15)7-10/h3-9H,1-2H3,(H,16,17)/t9-/m1/s1. The Kier molecular flexibility index (Phi) is 3.85. The van der Waals surface area contributed by atoms with Gasteiger partial charge in [0.25, 0.3) is 5.91 Å². The SMILES string of the molecule is COc1ccc([C@@H](C)NC(=O)c2ccoc2)cc1F. The molecule has 0 saturated carbocycles. The van der Waals surface area contributed by atoms with Gasteiger partial charge in [0.2, 0.25) is 0 Å². The third kappa shape index (κ3) is 2.93. The molecule has 1 heterocycles. The fourth-order valence-electron chi connectivity index (χ4n) is 1.71. The lowest BCUT2D eigenvalue weighted by Crippen LogP contribution is -2.26. The van der Waals surface area contributed by atoms with Crippen molar-refractivity contribution < 1.29 is 18.3 Å². The van der Waals surface area contributed by atoms with E-state index in [1.807, 2.05) is 0 Å². The van der Waals surface area contributed by atoms with Crippen molar-refractivity contribution >= 4 is 5.91 Å². The minimum atomic E-state index is -0.454. The van der Waals surface area contributed by atoms with Crippen LogP contribution >= 0.6 is 0 Å². The molecule has 0 bridgehead atoms. The van der Waals surface area contributed by atoms with E-state index >= 15 is 0 Å². The van der Waals surface area contributed by atoms with Gasteiger partial charge >= 0.3 is 0 Å². The van der Waals surface area contributed by atoms with Crippen LogP contribution in [0.3, 0.4) is 0 Å². The lowest BCUT2D eigenvalue weighted by Gasteiger charge is -2.14. The predicted molar refractivity (Wildman–Crippen MR) is 67.5 cm³/mol. The summed E-state index contributed by atoms with van der Waals surface area (Å²) in [6.45, 7) is 1.78. The van der Waals surface area contributed by atoms with Crippen LogP contribution in [-0.2, 0) is 0 Å². The van der Waals surface area contributed by atoms with Crippen molar-refractivity contribution in [2.75, 3.05) is 7.11 Å². The maximum absolute atomic E-state index is 13.6. The topological polar surface area (TPSA) is 51.5 Å². The zero-order valence-electron chi connectivity index (χ0n) is 10.6. The van der Waals surface area contributed by atoms with Crippen LogP contribution in [0, 0.1) is 5.82 Å². The highest BCUT2D eigenvalue weighted by Crippen LogP contribution is 2.21. The summed E-state index contributed by atoms with van der Waals surface area (Å²) in [7, 11) is 1.40. The smallest absolute Gasteiger partial charge is 0.255 e. The van der Waals surface area contributed by atoms with Crippen molar-refractivity contribution in [2.24, 2.45) is 0 Å². The number of benzene rings is 1. The molecule has 0 unspecified atom stereocenters. The second kappa shape index (κ2) is 5.56. The molecule has 1 amide bonds. The van der Waals surface area contributed by atoms with Crippen LogP contribution in [0.25, 0.3) is 0 Å². The van der Waals surface area contributed by atoms with Gasteiger partial charge in [-0.05, 0) is 30.7 Å². The maximum atomic E-state index is 13.6. The van der Waals surface area contributed by atoms with Gasteiger partial charge in [-0.15, -0.1) is 0 Å². The van der Waals surface area contributed by atoms with Gasteiger partial charge in [-0.25, -0.2) is 4.39 Å². The molecule has 2 aromatic rings. The number of ether oxygens (including phenoxy) is 1. The molecule has 0 aliphatic rings. The van der Waals surface area contributed by atoms with Crippen molar-refractivity contribution in [1.82, 2.24) is 5.32 Å². The van der Waals surface area contributed by atoms with Crippen molar-refractivity contribution in [3.05, 3.63) is 53.7 Å². The normalized spacial score (nSPS) is 11.9. The zero-order chi connectivity index (χ0) is 13.8. The number of furan rings is 1. The van der Waals surface area contributed by atoms with E-state index in [0.717, 1.165) is 0 Å². The van der Waals surface area contributed by atoms with E-state index in [-0.39, 0.29) is 17.7 Å². The second-order valence-electron chi connectivity index (χ2n) is 4.10. The van der Waals surface area contributed by atoms with E-state index in [4.69, 9.17) is 9.15 Å². The lowest BCUT2D eigenvalue weighted by molar-refractivity contribution is 0.0939. The first-order chi connectivity index (χ1) is 9.11. The first-order valence-electron chi connectivity index (χ1n) is 5.78. The Morgan fingerprint density at radius 2 is 2.21 bits per heavy atom. The van der Waals surface area contributed by atoms with Gasteiger partial charge < -0.3 is 14.5 Å². The van der Waals surface area contributed by atoms with Gasteiger partial charge in [0, 0.05) is 0 Å². The Morgan fingerprint density at radius 1 is 1.42 bits per heavy atom. The third-order valence-electron chi connectivity index (χ3n) is 2.81. The van der Waals surface area contributed by atoms with Crippen molar-refractivity contribution in [1.29, 1.82) is 0 Å². The molecule has 0 radical (unpaired) electrons. The number of rotatable bonds is 4. The quantitative estimate of drug-likeness (QED) is 0.922. The van der Waals surface area contributed by atoms with Gasteiger partial charge in [-0.2, -0.15) is 0 Å². The zero-order valence-corrected chi connectivity index (χ0v) is 10.6. The average molecular weight is 263 g/mol. The van der Waals surface area contributed by atoms with E-state index in [1.165, 1.54) is 31.8 Å². The number of hydrogen-bond acceptors (Lipinski definition) is 3. The summed E-state index contributed by atoms with van der Waals surface area (Å²) < 4.78 is 23.2. The van der Waals surface area contributed by atoms with Crippen LogP contribution < -0.4 is 10.1 Å². The lowest BCUT2D eigenvalue weighted by atomic mass is 10.1. The fourth-order valence-corrected chi connectivity index (χ4v) is 1.71. The van der Waals surface area contributed by atoms with Crippen LogP contribution in [0.5, 0.6) is 5.75 Å². The van der Waals surface area contributed by atoms with Crippen molar-refractivity contribution in [2.45, 2.75) is 13.0 Å². The summed E-state index contributed by atoms with van der Waals surface area (Å²) in [5.74, 6) is -0.543. The molecule has 0 aliphatic heterocycles. The summed E-state index contributed by atoms with van der Waals surface area (Å²) in [4.78, 5) is 11.8. The molecule has 4 nitrogen and oxygen atoms in total. The minimum Gasteiger partial charge on any atom is -0.494 e. The molecule has 1 aromatic heterocycles. The summed E-state index contributed by atoms with van der Waals surface area (Å²) in [5.41, 5.74) is 1.09. The number of hydrogen-bond donors (Lipinski definition) is 1. The first kappa shape index (κ1) is 13.1. The molecule has 0 aliphatic carbocycles. The molecule has 2 rings (SSSR count). The molecule has 100 valence electrons. The second-order valence-corrected chi connectivity index (χ2v) is 4.10. The predicted octanol–water partition coefficient (Wildman–Crippen LogP) is 2.92. The molecular formula is C14H14FNO3. The number of carbonyl (C=O) groups excluding carboxylic acids is 1. The van der Waals surface area contributed by atoms with E-state index in [2.05, 4.69) is 5.32 Å². The number of nitrogens with one attached hydrogen (secondary N) is 1. The van der Waals surface area contributed by atoms with E-state index < -0.39 is 5.82 Å². The Bertz CT molecular complexity index is 566. The number of methoxy groups -OCH3 is 1. The van der Waals surface area contributed by atoms with Gasteiger partial charge in [-0.3, -0.25) is 4.79 Å². The largest absolute Gasteiger partial charge is 0.494 e. The Morgan fingerprint density at radius 3 is 2.79 bits per heavy atom. The summed E-state index contributed by atoms with van der Waals surface area (Å²) in [6.07, 6.45) is 2.78.